The summed E-state index contributed by atoms with van der Waals surface area (Å²) in [5.41, 5.74) is 9.66. The van der Waals surface area contributed by atoms with Crippen molar-refractivity contribution in [1.29, 1.82) is 0 Å². The van der Waals surface area contributed by atoms with Gasteiger partial charge in [-0.05, 0) is 55.4 Å². The minimum Gasteiger partial charge on any atom is -0.264 e. The summed E-state index contributed by atoms with van der Waals surface area (Å²) in [6.07, 6.45) is 3.78. The largest absolute Gasteiger partial charge is 0.264 e. The number of nitrogens with zero attached hydrogens (tertiary/aromatic N) is 4. The fourth-order valence-electron chi connectivity index (χ4n) is 6.94. The van der Waals surface area contributed by atoms with E-state index in [1.807, 2.05) is 60.9 Å². The molecule has 0 radical (unpaired) electrons. The van der Waals surface area contributed by atoms with Gasteiger partial charge >= 0.3 is 0 Å². The van der Waals surface area contributed by atoms with Gasteiger partial charge in [-0.3, -0.25) is 4.98 Å². The average Bonchev–Trinajstić information content (AvgIpc) is 3.21. The Morgan fingerprint density at radius 2 is 0.700 bits per heavy atom. The number of hydrogen-bond donors (Lipinski definition) is 0. The Hall–Kier alpha value is -6.78. The standard InChI is InChI=1S/C46H30N4/c1-3-14-31(15-4-1)36-19-7-12-24-41(36)46-49-44(33-16-5-2-6-17-33)48-45(50-46)34-27-25-32(26-28-34)42-37-20-8-10-22-39(37)43(35-18-13-29-47-30-35)40-23-11-9-21-38(40)42/h1-30H. The lowest BCUT2D eigenvalue weighted by Gasteiger charge is -2.17. The van der Waals surface area contributed by atoms with Gasteiger partial charge in [0.25, 0.3) is 0 Å². The molecule has 4 heteroatoms. The zero-order chi connectivity index (χ0) is 33.3. The summed E-state index contributed by atoms with van der Waals surface area (Å²) in [6, 6.07) is 58.9. The molecule has 0 saturated heterocycles. The fraction of sp³-hybridized carbons (Fsp3) is 0. The van der Waals surface area contributed by atoms with Gasteiger partial charge in [0.1, 0.15) is 0 Å². The van der Waals surface area contributed by atoms with Crippen LogP contribution in [0.1, 0.15) is 0 Å². The van der Waals surface area contributed by atoms with Gasteiger partial charge in [-0.15, -0.1) is 0 Å². The Balaban J connectivity index is 1.21. The lowest BCUT2D eigenvalue weighted by Crippen LogP contribution is -2.01. The summed E-state index contributed by atoms with van der Waals surface area (Å²) in [5, 5.41) is 4.79. The molecule has 0 atom stereocenters. The second kappa shape index (κ2) is 12.7. The average molecular weight is 639 g/mol. The Morgan fingerprint density at radius 3 is 1.26 bits per heavy atom. The summed E-state index contributed by atoms with van der Waals surface area (Å²) >= 11 is 0. The lowest BCUT2D eigenvalue weighted by atomic mass is 9.86. The summed E-state index contributed by atoms with van der Waals surface area (Å²) < 4.78 is 0. The molecule has 2 heterocycles. The molecular weight excluding hydrogens is 609 g/mol. The van der Waals surface area contributed by atoms with Gasteiger partial charge in [-0.2, -0.15) is 0 Å². The van der Waals surface area contributed by atoms with Gasteiger partial charge in [0.2, 0.25) is 0 Å². The molecule has 9 rings (SSSR count). The number of pyridine rings is 1. The summed E-state index contributed by atoms with van der Waals surface area (Å²) in [5.74, 6) is 1.91. The summed E-state index contributed by atoms with van der Waals surface area (Å²) in [6.45, 7) is 0. The Bertz CT molecular complexity index is 2560. The van der Waals surface area contributed by atoms with Gasteiger partial charge in [0.15, 0.2) is 17.5 Å². The quantitative estimate of drug-likeness (QED) is 0.170. The van der Waals surface area contributed by atoms with E-state index < -0.39 is 0 Å². The zero-order valence-electron chi connectivity index (χ0n) is 27.1. The van der Waals surface area contributed by atoms with Gasteiger partial charge < -0.3 is 0 Å². The number of hydrogen-bond acceptors (Lipinski definition) is 4. The first kappa shape index (κ1) is 29.4. The van der Waals surface area contributed by atoms with E-state index in [1.165, 1.54) is 32.7 Å². The molecule has 0 aliphatic rings. The Kier molecular flexibility index (Phi) is 7.45. The first-order valence-electron chi connectivity index (χ1n) is 16.7. The third kappa shape index (κ3) is 5.29. The van der Waals surface area contributed by atoms with Crippen LogP contribution in [0.25, 0.3) is 89.1 Å². The van der Waals surface area contributed by atoms with Gasteiger partial charge in [0.05, 0.1) is 0 Å². The van der Waals surface area contributed by atoms with Crippen molar-refractivity contribution in [2.45, 2.75) is 0 Å². The van der Waals surface area contributed by atoms with E-state index in [0.717, 1.165) is 38.9 Å². The molecule has 234 valence electrons. The first-order chi connectivity index (χ1) is 24.8. The molecule has 2 aromatic heterocycles. The van der Waals surface area contributed by atoms with Crippen LogP contribution in [0.4, 0.5) is 0 Å². The Morgan fingerprint density at radius 1 is 0.280 bits per heavy atom. The van der Waals surface area contributed by atoms with Crippen LogP contribution in [0, 0.1) is 0 Å². The number of rotatable bonds is 6. The Labute approximate surface area is 290 Å². The van der Waals surface area contributed by atoms with Crippen molar-refractivity contribution in [2.75, 3.05) is 0 Å². The van der Waals surface area contributed by atoms with Crippen LogP contribution in [0.2, 0.25) is 0 Å². The monoisotopic (exact) mass is 638 g/mol. The van der Waals surface area contributed by atoms with Crippen molar-refractivity contribution in [3.05, 3.63) is 182 Å². The van der Waals surface area contributed by atoms with Crippen molar-refractivity contribution >= 4 is 21.5 Å². The highest BCUT2D eigenvalue weighted by molar-refractivity contribution is 6.21. The van der Waals surface area contributed by atoms with Crippen LogP contribution in [-0.2, 0) is 0 Å². The van der Waals surface area contributed by atoms with E-state index in [1.54, 1.807) is 0 Å². The highest BCUT2D eigenvalue weighted by Crippen LogP contribution is 2.43. The smallest absolute Gasteiger partial charge is 0.164 e. The van der Waals surface area contributed by atoms with Crippen molar-refractivity contribution < 1.29 is 0 Å². The van der Waals surface area contributed by atoms with Crippen molar-refractivity contribution in [1.82, 2.24) is 19.9 Å². The van der Waals surface area contributed by atoms with Crippen molar-refractivity contribution in [3.63, 3.8) is 0 Å². The van der Waals surface area contributed by atoms with Crippen molar-refractivity contribution in [3.8, 4) is 67.5 Å². The second-order valence-corrected chi connectivity index (χ2v) is 12.2. The molecule has 0 bridgehead atoms. The van der Waals surface area contributed by atoms with E-state index in [-0.39, 0.29) is 0 Å². The predicted octanol–water partition coefficient (Wildman–Crippen LogP) is 11.6. The second-order valence-electron chi connectivity index (χ2n) is 12.2. The molecule has 4 nitrogen and oxygen atoms in total. The topological polar surface area (TPSA) is 51.6 Å². The number of fused-ring (bicyclic) bond motifs is 2. The third-order valence-corrected chi connectivity index (χ3v) is 9.23. The highest BCUT2D eigenvalue weighted by atomic mass is 15.0. The molecular formula is C46H30N4. The van der Waals surface area contributed by atoms with Crippen LogP contribution >= 0.6 is 0 Å². The SMILES string of the molecule is c1ccc(-c2nc(-c3ccc(-c4c5ccccc5c(-c5cccnc5)c5ccccc45)cc3)nc(-c3ccccc3-c3ccccc3)n2)cc1. The molecule has 0 aliphatic carbocycles. The van der Waals surface area contributed by atoms with Crippen molar-refractivity contribution in [2.24, 2.45) is 0 Å². The maximum absolute atomic E-state index is 5.10. The van der Waals surface area contributed by atoms with Crippen LogP contribution in [0.3, 0.4) is 0 Å². The van der Waals surface area contributed by atoms with Gasteiger partial charge in [-0.25, -0.2) is 15.0 Å². The number of benzene rings is 7. The van der Waals surface area contributed by atoms with E-state index in [2.05, 4.69) is 126 Å². The fourth-order valence-corrected chi connectivity index (χ4v) is 6.94. The molecule has 0 saturated carbocycles. The highest BCUT2D eigenvalue weighted by Gasteiger charge is 2.18. The van der Waals surface area contributed by atoms with Gasteiger partial charge in [-0.1, -0.05) is 164 Å². The molecule has 0 spiro atoms. The van der Waals surface area contributed by atoms with Crippen LogP contribution in [0.5, 0.6) is 0 Å². The van der Waals surface area contributed by atoms with Crippen LogP contribution in [0.15, 0.2) is 182 Å². The molecule has 50 heavy (non-hydrogen) atoms. The van der Waals surface area contributed by atoms with E-state index in [9.17, 15) is 0 Å². The maximum Gasteiger partial charge on any atom is 0.164 e. The van der Waals surface area contributed by atoms with E-state index >= 15 is 0 Å². The predicted molar refractivity (Wildman–Crippen MR) is 205 cm³/mol. The lowest BCUT2D eigenvalue weighted by molar-refractivity contribution is 1.07. The minimum absolute atomic E-state index is 0.630. The molecule has 0 aliphatic heterocycles. The number of aromatic nitrogens is 4. The molecule has 0 fully saturated rings. The summed E-state index contributed by atoms with van der Waals surface area (Å²) in [4.78, 5) is 19.6. The normalized spacial score (nSPS) is 11.2. The summed E-state index contributed by atoms with van der Waals surface area (Å²) in [7, 11) is 0. The molecule has 7 aromatic carbocycles. The molecule has 0 unspecified atom stereocenters. The van der Waals surface area contributed by atoms with Crippen LogP contribution in [-0.4, -0.2) is 19.9 Å². The molecule has 0 N–H and O–H groups in total. The van der Waals surface area contributed by atoms with Gasteiger partial charge in [0, 0.05) is 34.6 Å². The van der Waals surface area contributed by atoms with E-state index in [0.29, 0.717) is 17.5 Å². The maximum atomic E-state index is 5.10. The molecule has 9 aromatic rings. The van der Waals surface area contributed by atoms with Crippen LogP contribution < -0.4 is 0 Å². The first-order valence-corrected chi connectivity index (χ1v) is 16.7. The third-order valence-electron chi connectivity index (χ3n) is 9.23. The van der Waals surface area contributed by atoms with E-state index in [4.69, 9.17) is 15.0 Å². The molecule has 0 amide bonds. The zero-order valence-corrected chi connectivity index (χ0v) is 27.1. The minimum atomic E-state index is 0.630.